The van der Waals surface area contributed by atoms with Crippen LogP contribution < -0.4 is 0 Å². The zero-order valence-electron chi connectivity index (χ0n) is 10.9. The lowest BCUT2D eigenvalue weighted by Crippen LogP contribution is -2.19. The molecule has 20 heavy (non-hydrogen) atoms. The van der Waals surface area contributed by atoms with Gasteiger partial charge in [0.25, 0.3) is 0 Å². The molecule has 1 nitrogen and oxygen atoms in total. The SMILES string of the molecule is O=C(c1cccc(Br)c1F)C1CCCc2ccccc21. The Labute approximate surface area is 126 Å². The molecule has 0 aliphatic heterocycles. The van der Waals surface area contributed by atoms with Crippen LogP contribution in [-0.2, 0) is 6.42 Å². The van der Waals surface area contributed by atoms with Crippen molar-refractivity contribution >= 4 is 21.7 Å². The number of fused-ring (bicyclic) bond motifs is 1. The maximum atomic E-state index is 14.1. The zero-order chi connectivity index (χ0) is 14.1. The summed E-state index contributed by atoms with van der Waals surface area (Å²) in [6.07, 6.45) is 2.77. The second kappa shape index (κ2) is 5.49. The van der Waals surface area contributed by atoms with Gasteiger partial charge in [0, 0.05) is 5.92 Å². The minimum absolute atomic E-state index is 0.115. The van der Waals surface area contributed by atoms with Gasteiger partial charge in [-0.15, -0.1) is 0 Å². The molecule has 102 valence electrons. The molecule has 1 aliphatic carbocycles. The lowest BCUT2D eigenvalue weighted by atomic mass is 9.79. The van der Waals surface area contributed by atoms with Gasteiger partial charge in [-0.2, -0.15) is 0 Å². The van der Waals surface area contributed by atoms with Crippen molar-refractivity contribution in [2.75, 3.05) is 0 Å². The number of carbonyl (C=O) groups excluding carboxylic acids is 1. The number of benzene rings is 2. The average molecular weight is 333 g/mol. The zero-order valence-corrected chi connectivity index (χ0v) is 12.5. The topological polar surface area (TPSA) is 17.1 Å². The van der Waals surface area contributed by atoms with E-state index >= 15 is 0 Å². The number of rotatable bonds is 2. The third-order valence-electron chi connectivity index (χ3n) is 3.90. The maximum Gasteiger partial charge on any atom is 0.173 e. The summed E-state index contributed by atoms with van der Waals surface area (Å²) >= 11 is 3.14. The number of carbonyl (C=O) groups is 1. The first-order chi connectivity index (χ1) is 9.68. The molecule has 0 bridgehead atoms. The highest BCUT2D eigenvalue weighted by Crippen LogP contribution is 2.35. The van der Waals surface area contributed by atoms with Crippen LogP contribution in [0.3, 0.4) is 0 Å². The van der Waals surface area contributed by atoms with E-state index in [0.717, 1.165) is 24.8 Å². The Kier molecular flexibility index (Phi) is 3.70. The molecule has 0 spiro atoms. The van der Waals surface area contributed by atoms with Crippen LogP contribution in [0.15, 0.2) is 46.9 Å². The number of halogens is 2. The standard InChI is InChI=1S/C17H14BrFO/c18-15-10-4-9-14(16(15)19)17(20)13-8-3-6-11-5-1-2-7-12(11)13/h1-2,4-5,7,9-10,13H,3,6,8H2. The van der Waals surface area contributed by atoms with Gasteiger partial charge in [0.05, 0.1) is 10.0 Å². The molecule has 0 heterocycles. The first-order valence-electron chi connectivity index (χ1n) is 6.74. The largest absolute Gasteiger partial charge is 0.293 e. The van der Waals surface area contributed by atoms with Crippen molar-refractivity contribution in [3.63, 3.8) is 0 Å². The van der Waals surface area contributed by atoms with Gasteiger partial charge < -0.3 is 0 Å². The highest BCUT2D eigenvalue weighted by Gasteiger charge is 2.28. The van der Waals surface area contributed by atoms with Crippen LogP contribution in [0.1, 0.15) is 40.2 Å². The summed E-state index contributed by atoms with van der Waals surface area (Å²) in [6.45, 7) is 0. The summed E-state index contributed by atoms with van der Waals surface area (Å²) in [5.41, 5.74) is 2.46. The Morgan fingerprint density at radius 3 is 2.80 bits per heavy atom. The van der Waals surface area contributed by atoms with E-state index in [-0.39, 0.29) is 17.3 Å². The highest BCUT2D eigenvalue weighted by atomic mass is 79.9. The van der Waals surface area contributed by atoms with E-state index in [0.29, 0.717) is 4.47 Å². The lowest BCUT2D eigenvalue weighted by molar-refractivity contribution is 0.0947. The van der Waals surface area contributed by atoms with Gasteiger partial charge in [0.2, 0.25) is 0 Å². The Morgan fingerprint density at radius 1 is 1.15 bits per heavy atom. The Hall–Kier alpha value is -1.48. The van der Waals surface area contributed by atoms with Crippen LogP contribution in [0.25, 0.3) is 0 Å². The normalized spacial score (nSPS) is 17.6. The molecule has 0 N–H and O–H groups in total. The molecule has 3 rings (SSSR count). The average Bonchev–Trinajstić information content (AvgIpc) is 2.49. The highest BCUT2D eigenvalue weighted by molar-refractivity contribution is 9.10. The van der Waals surface area contributed by atoms with Gasteiger partial charge >= 0.3 is 0 Å². The Morgan fingerprint density at radius 2 is 1.95 bits per heavy atom. The summed E-state index contributed by atoms with van der Waals surface area (Å²) in [4.78, 5) is 12.7. The quantitative estimate of drug-likeness (QED) is 0.715. The van der Waals surface area contributed by atoms with Gasteiger partial charge in [-0.25, -0.2) is 4.39 Å². The molecule has 0 saturated carbocycles. The minimum Gasteiger partial charge on any atom is -0.293 e. The van der Waals surface area contributed by atoms with Gasteiger partial charge in [0.15, 0.2) is 5.78 Å². The third kappa shape index (κ3) is 2.31. The summed E-state index contributed by atoms with van der Waals surface area (Å²) in [7, 11) is 0. The van der Waals surface area contributed by atoms with Gasteiger partial charge in [-0.3, -0.25) is 4.79 Å². The van der Waals surface area contributed by atoms with E-state index in [1.165, 1.54) is 5.56 Å². The molecule has 0 saturated heterocycles. The van der Waals surface area contributed by atoms with Crippen molar-refractivity contribution < 1.29 is 9.18 Å². The smallest absolute Gasteiger partial charge is 0.173 e. The summed E-state index contributed by atoms with van der Waals surface area (Å²) < 4.78 is 14.5. The van der Waals surface area contributed by atoms with E-state index in [2.05, 4.69) is 22.0 Å². The van der Waals surface area contributed by atoms with Crippen molar-refractivity contribution in [1.29, 1.82) is 0 Å². The van der Waals surface area contributed by atoms with E-state index < -0.39 is 5.82 Å². The summed E-state index contributed by atoms with van der Waals surface area (Å²) in [6, 6.07) is 12.9. The van der Waals surface area contributed by atoms with Crippen LogP contribution in [0.2, 0.25) is 0 Å². The van der Waals surface area contributed by atoms with Crippen LogP contribution >= 0.6 is 15.9 Å². The summed E-state index contributed by atoms with van der Waals surface area (Å²) in [5.74, 6) is -0.791. The van der Waals surface area contributed by atoms with Crippen molar-refractivity contribution in [3.05, 3.63) is 69.4 Å². The second-order valence-corrected chi connectivity index (χ2v) is 5.96. The van der Waals surface area contributed by atoms with Crippen LogP contribution in [0, 0.1) is 5.82 Å². The van der Waals surface area contributed by atoms with Crippen molar-refractivity contribution in [2.24, 2.45) is 0 Å². The van der Waals surface area contributed by atoms with E-state index in [1.54, 1.807) is 18.2 Å². The number of hydrogen-bond acceptors (Lipinski definition) is 1. The monoisotopic (exact) mass is 332 g/mol. The molecule has 0 fully saturated rings. The molecule has 0 radical (unpaired) electrons. The molecular formula is C17H14BrFO. The van der Waals surface area contributed by atoms with Gasteiger partial charge in [-0.05, 0) is 58.5 Å². The van der Waals surface area contributed by atoms with Gasteiger partial charge in [-0.1, -0.05) is 30.3 Å². The molecule has 0 amide bonds. The van der Waals surface area contributed by atoms with Crippen molar-refractivity contribution in [3.8, 4) is 0 Å². The molecule has 2 aromatic carbocycles. The van der Waals surface area contributed by atoms with E-state index in [4.69, 9.17) is 0 Å². The first-order valence-corrected chi connectivity index (χ1v) is 7.54. The predicted octanol–water partition coefficient (Wildman–Crippen LogP) is 4.89. The van der Waals surface area contributed by atoms with E-state index in [1.807, 2.05) is 18.2 Å². The second-order valence-electron chi connectivity index (χ2n) is 5.11. The molecule has 0 aromatic heterocycles. The molecule has 1 atom stereocenters. The van der Waals surface area contributed by atoms with Gasteiger partial charge in [0.1, 0.15) is 5.82 Å². The molecule has 1 aliphatic rings. The predicted molar refractivity (Wildman–Crippen MR) is 80.6 cm³/mol. The molecule has 3 heteroatoms. The van der Waals surface area contributed by atoms with Crippen LogP contribution in [0.5, 0.6) is 0 Å². The van der Waals surface area contributed by atoms with Crippen LogP contribution in [-0.4, -0.2) is 5.78 Å². The fraction of sp³-hybridized carbons (Fsp3) is 0.235. The first kappa shape index (κ1) is 13.5. The molecule has 2 aromatic rings. The Balaban J connectivity index is 2.02. The fourth-order valence-corrected chi connectivity index (χ4v) is 3.27. The number of hydrogen-bond donors (Lipinski definition) is 0. The van der Waals surface area contributed by atoms with E-state index in [9.17, 15) is 9.18 Å². The third-order valence-corrected chi connectivity index (χ3v) is 4.52. The van der Waals surface area contributed by atoms with Crippen LogP contribution in [0.4, 0.5) is 4.39 Å². The maximum absolute atomic E-state index is 14.1. The fourth-order valence-electron chi connectivity index (χ4n) is 2.91. The number of Topliss-reactive ketones (excluding diaryl/α,β-unsaturated/α-hetero) is 1. The van der Waals surface area contributed by atoms with Crippen molar-refractivity contribution in [1.82, 2.24) is 0 Å². The minimum atomic E-state index is -0.458. The number of ketones is 1. The Bertz CT molecular complexity index is 666. The molecular weight excluding hydrogens is 319 g/mol. The summed E-state index contributed by atoms with van der Waals surface area (Å²) in [5, 5.41) is 0. The number of aryl methyl sites for hydroxylation is 1. The molecule has 1 unspecified atom stereocenters. The van der Waals surface area contributed by atoms with Crippen molar-refractivity contribution in [2.45, 2.75) is 25.2 Å². The lowest BCUT2D eigenvalue weighted by Gasteiger charge is -2.24.